The zero-order valence-electron chi connectivity index (χ0n) is 16.7. The predicted octanol–water partition coefficient (Wildman–Crippen LogP) is 3.92. The molecule has 7 heteroatoms. The Hall–Kier alpha value is -2.29. The number of halogens is 1. The van der Waals surface area contributed by atoms with Gasteiger partial charge in [0.2, 0.25) is 0 Å². The Morgan fingerprint density at radius 2 is 1.86 bits per heavy atom. The third-order valence-electron chi connectivity index (χ3n) is 4.09. The second-order valence-electron chi connectivity index (χ2n) is 6.00. The number of guanidine groups is 1. The van der Waals surface area contributed by atoms with Crippen LogP contribution >= 0.6 is 24.0 Å². The molecule has 6 nitrogen and oxygen atoms in total. The highest BCUT2D eigenvalue weighted by Gasteiger charge is 2.13. The van der Waals surface area contributed by atoms with Crippen molar-refractivity contribution in [1.29, 1.82) is 0 Å². The minimum atomic E-state index is -0.423. The molecule has 0 aliphatic carbocycles. The molecule has 0 spiro atoms. The number of ether oxygens (including phenoxy) is 2. The first-order chi connectivity index (χ1) is 13.1. The number of hydrogen-bond acceptors (Lipinski definition) is 4. The maximum absolute atomic E-state index is 11.8. The second-order valence-corrected chi connectivity index (χ2v) is 6.00. The number of carbonyl (C=O) groups is 1. The zero-order chi connectivity index (χ0) is 19.6. The number of nitrogens with zero attached hydrogens (tertiary/aromatic N) is 1. The van der Waals surface area contributed by atoms with Crippen molar-refractivity contribution in [2.24, 2.45) is 4.99 Å². The summed E-state index contributed by atoms with van der Waals surface area (Å²) in [6, 6.07) is 15.7. The van der Waals surface area contributed by atoms with E-state index in [1.807, 2.05) is 31.2 Å². The molecule has 1 atom stereocenters. The first-order valence-electron chi connectivity index (χ1n) is 8.94. The van der Waals surface area contributed by atoms with Crippen LogP contribution in [0.25, 0.3) is 0 Å². The number of methoxy groups -OCH3 is 2. The number of hydrogen-bond donors (Lipinski definition) is 2. The number of aliphatic imine (C=N–C) groups is 1. The van der Waals surface area contributed by atoms with E-state index in [4.69, 9.17) is 9.47 Å². The van der Waals surface area contributed by atoms with Crippen molar-refractivity contribution in [3.05, 3.63) is 65.2 Å². The van der Waals surface area contributed by atoms with Crippen molar-refractivity contribution in [2.75, 3.05) is 20.8 Å². The Morgan fingerprint density at radius 3 is 2.46 bits per heavy atom. The molecule has 0 aliphatic rings. The van der Waals surface area contributed by atoms with Crippen LogP contribution in [0.15, 0.2) is 53.5 Å². The monoisotopic (exact) mass is 497 g/mol. The van der Waals surface area contributed by atoms with Crippen molar-refractivity contribution >= 4 is 35.9 Å². The van der Waals surface area contributed by atoms with Gasteiger partial charge in [0.15, 0.2) is 5.96 Å². The molecule has 152 valence electrons. The summed E-state index contributed by atoms with van der Waals surface area (Å²) in [6.45, 7) is 5.33. The van der Waals surface area contributed by atoms with Gasteiger partial charge in [0.1, 0.15) is 11.3 Å². The van der Waals surface area contributed by atoms with Crippen LogP contribution in [0.3, 0.4) is 0 Å². The summed E-state index contributed by atoms with van der Waals surface area (Å²) < 4.78 is 10.1. The Balaban J connectivity index is 0.00000392. The fourth-order valence-corrected chi connectivity index (χ4v) is 2.63. The topological polar surface area (TPSA) is 72.0 Å². The highest BCUT2D eigenvalue weighted by atomic mass is 127. The van der Waals surface area contributed by atoms with Crippen LogP contribution in [0.5, 0.6) is 5.75 Å². The van der Waals surface area contributed by atoms with Gasteiger partial charge in [0, 0.05) is 6.54 Å². The first-order valence-corrected chi connectivity index (χ1v) is 8.94. The van der Waals surface area contributed by atoms with Crippen LogP contribution in [-0.2, 0) is 11.3 Å². The van der Waals surface area contributed by atoms with E-state index in [1.54, 1.807) is 12.1 Å². The van der Waals surface area contributed by atoms with Crippen molar-refractivity contribution < 1.29 is 14.3 Å². The molecular weight excluding hydrogens is 469 g/mol. The molecule has 0 aromatic heterocycles. The van der Waals surface area contributed by atoms with Crippen molar-refractivity contribution in [3.63, 3.8) is 0 Å². The number of carbonyl (C=O) groups excluding carboxylic acids is 1. The van der Waals surface area contributed by atoms with E-state index in [-0.39, 0.29) is 30.0 Å². The van der Waals surface area contributed by atoms with E-state index in [2.05, 4.69) is 34.7 Å². The number of nitrogens with one attached hydrogen (secondary N) is 2. The molecule has 0 saturated heterocycles. The van der Waals surface area contributed by atoms with Gasteiger partial charge in [-0.25, -0.2) is 9.79 Å². The predicted molar refractivity (Wildman–Crippen MR) is 123 cm³/mol. The molecule has 0 bridgehead atoms. The minimum Gasteiger partial charge on any atom is -0.496 e. The van der Waals surface area contributed by atoms with Gasteiger partial charge in [-0.3, -0.25) is 0 Å². The maximum atomic E-state index is 11.8. The zero-order valence-corrected chi connectivity index (χ0v) is 19.0. The van der Waals surface area contributed by atoms with Gasteiger partial charge >= 0.3 is 5.97 Å². The Labute approximate surface area is 183 Å². The summed E-state index contributed by atoms with van der Waals surface area (Å²) in [5, 5.41) is 6.66. The average molecular weight is 497 g/mol. The van der Waals surface area contributed by atoms with Crippen LogP contribution < -0.4 is 15.4 Å². The molecule has 0 saturated carbocycles. The molecule has 1 unspecified atom stereocenters. The van der Waals surface area contributed by atoms with Crippen molar-refractivity contribution in [1.82, 2.24) is 10.6 Å². The standard InChI is InChI=1S/C21H27N3O3.HI/c1-5-22-21(24-15(2)17-9-7-6-8-10-17)23-14-16-11-12-18(20(25)27-4)19(13-16)26-3;/h6-13,15H,5,14H2,1-4H3,(H2,22,23,24);1H. The van der Waals surface area contributed by atoms with Gasteiger partial charge in [0.05, 0.1) is 26.8 Å². The first kappa shape index (κ1) is 23.7. The van der Waals surface area contributed by atoms with Crippen molar-refractivity contribution in [2.45, 2.75) is 26.4 Å². The van der Waals surface area contributed by atoms with Gasteiger partial charge in [-0.2, -0.15) is 0 Å². The molecular formula is C21H28IN3O3. The molecule has 2 N–H and O–H groups in total. The quantitative estimate of drug-likeness (QED) is 0.263. The summed E-state index contributed by atoms with van der Waals surface area (Å²) in [7, 11) is 2.88. The number of benzene rings is 2. The van der Waals surface area contributed by atoms with Gasteiger partial charge in [0.25, 0.3) is 0 Å². The van der Waals surface area contributed by atoms with Gasteiger partial charge in [-0.1, -0.05) is 36.4 Å². The third kappa shape index (κ3) is 6.70. The third-order valence-corrected chi connectivity index (χ3v) is 4.09. The summed E-state index contributed by atoms with van der Waals surface area (Å²) in [5.41, 5.74) is 2.52. The largest absolute Gasteiger partial charge is 0.496 e. The molecule has 0 fully saturated rings. The van der Waals surface area contributed by atoms with E-state index in [0.717, 1.165) is 18.1 Å². The summed E-state index contributed by atoms with van der Waals surface area (Å²) in [5.74, 6) is 0.781. The Morgan fingerprint density at radius 1 is 1.14 bits per heavy atom. The smallest absolute Gasteiger partial charge is 0.341 e. The summed E-state index contributed by atoms with van der Waals surface area (Å²) in [4.78, 5) is 16.4. The van der Waals surface area contributed by atoms with Crippen LogP contribution in [-0.4, -0.2) is 32.7 Å². The van der Waals surface area contributed by atoms with E-state index < -0.39 is 5.97 Å². The highest BCUT2D eigenvalue weighted by molar-refractivity contribution is 14.0. The Kier molecular flexibility index (Phi) is 10.4. The fraction of sp³-hybridized carbons (Fsp3) is 0.333. The molecule has 0 aliphatic heterocycles. The average Bonchev–Trinajstić information content (AvgIpc) is 2.71. The molecule has 0 radical (unpaired) electrons. The Bertz CT molecular complexity index is 782. The molecule has 0 heterocycles. The van der Waals surface area contributed by atoms with Gasteiger partial charge < -0.3 is 20.1 Å². The molecule has 2 aromatic carbocycles. The maximum Gasteiger partial charge on any atom is 0.341 e. The summed E-state index contributed by atoms with van der Waals surface area (Å²) in [6.07, 6.45) is 0. The lowest BCUT2D eigenvalue weighted by Crippen LogP contribution is -2.38. The van der Waals surface area contributed by atoms with E-state index in [1.165, 1.54) is 19.8 Å². The normalized spacial score (nSPS) is 11.8. The van der Waals surface area contributed by atoms with Crippen molar-refractivity contribution in [3.8, 4) is 5.75 Å². The lowest BCUT2D eigenvalue weighted by atomic mass is 10.1. The highest BCUT2D eigenvalue weighted by Crippen LogP contribution is 2.21. The molecule has 2 rings (SSSR count). The molecule has 2 aromatic rings. The van der Waals surface area contributed by atoms with Gasteiger partial charge in [-0.05, 0) is 37.1 Å². The van der Waals surface area contributed by atoms with Gasteiger partial charge in [-0.15, -0.1) is 24.0 Å². The van der Waals surface area contributed by atoms with Crippen LogP contribution in [0.2, 0.25) is 0 Å². The molecule has 0 amide bonds. The minimum absolute atomic E-state index is 0. The summed E-state index contributed by atoms with van der Waals surface area (Å²) >= 11 is 0. The SMILES string of the molecule is CCNC(=NCc1ccc(C(=O)OC)c(OC)c1)NC(C)c1ccccc1.I. The number of rotatable bonds is 7. The van der Waals surface area contributed by atoms with E-state index >= 15 is 0 Å². The molecule has 28 heavy (non-hydrogen) atoms. The second kappa shape index (κ2) is 12.2. The lowest BCUT2D eigenvalue weighted by Gasteiger charge is -2.18. The number of esters is 1. The van der Waals surface area contributed by atoms with E-state index in [0.29, 0.717) is 17.9 Å². The fourth-order valence-electron chi connectivity index (χ4n) is 2.63. The van der Waals surface area contributed by atoms with Crippen LogP contribution in [0, 0.1) is 0 Å². The van der Waals surface area contributed by atoms with Crippen LogP contribution in [0.4, 0.5) is 0 Å². The van der Waals surface area contributed by atoms with Crippen LogP contribution in [0.1, 0.15) is 41.4 Å². The van der Waals surface area contributed by atoms with E-state index in [9.17, 15) is 4.79 Å². The lowest BCUT2D eigenvalue weighted by molar-refractivity contribution is 0.0597.